The number of rotatable bonds is 8. The van der Waals surface area contributed by atoms with Crippen molar-refractivity contribution in [2.75, 3.05) is 13.7 Å². The predicted molar refractivity (Wildman–Crippen MR) is 72.8 cm³/mol. The molecule has 0 aliphatic heterocycles. The molecule has 1 aromatic carbocycles. The van der Waals surface area contributed by atoms with Gasteiger partial charge in [-0.3, -0.25) is 0 Å². The minimum atomic E-state index is -0.942. The molecule has 0 amide bonds. The molecule has 1 aromatic rings. The Morgan fingerprint density at radius 2 is 2.00 bits per heavy atom. The van der Waals surface area contributed by atoms with Gasteiger partial charge in [0, 0.05) is 13.0 Å². The quantitative estimate of drug-likeness (QED) is 0.260. The Balaban J connectivity index is 2.31. The average Bonchev–Trinajstić information content (AvgIpc) is 2.48. The van der Waals surface area contributed by atoms with Crippen LogP contribution in [0.1, 0.15) is 18.4 Å². The third-order valence-electron chi connectivity index (χ3n) is 2.56. The highest BCUT2D eigenvalue weighted by molar-refractivity contribution is 5.88. The number of nitrogens with zero attached hydrogens (tertiary/aromatic N) is 1. The average molecular weight is 279 g/mol. The summed E-state index contributed by atoms with van der Waals surface area (Å²) in [6.07, 6.45) is 0.597. The molecule has 0 fully saturated rings. The maximum Gasteiger partial charge on any atom is 0.363 e. The Morgan fingerprint density at radius 3 is 2.60 bits per heavy atom. The Bertz CT molecular complexity index is 470. The monoisotopic (exact) mass is 279 g/mol. The number of methoxy groups -OCH3 is 1. The smallest absolute Gasteiger partial charge is 0.363 e. The zero-order chi connectivity index (χ0) is 14.8. The molecule has 0 heterocycles. The van der Waals surface area contributed by atoms with Gasteiger partial charge in [0.05, 0.1) is 13.7 Å². The van der Waals surface area contributed by atoms with Gasteiger partial charge < -0.3 is 14.6 Å². The number of hydrogen-bond donors (Lipinski definition) is 1. The van der Waals surface area contributed by atoms with Gasteiger partial charge in [0.25, 0.3) is 0 Å². The fourth-order valence-electron chi connectivity index (χ4n) is 1.53. The molecule has 0 radical (unpaired) electrons. The van der Waals surface area contributed by atoms with Crippen molar-refractivity contribution in [2.45, 2.75) is 19.4 Å². The standard InChI is InChI=1S/C14H17NO5/c1-19-14(17)13(15-18)12(16)8-5-9-20-10-11-6-3-2-4-7-11/h2-4,6-7,16H,5,8-10H2,1H3. The van der Waals surface area contributed by atoms with Crippen molar-refractivity contribution < 1.29 is 19.4 Å². The third kappa shape index (κ3) is 5.19. The molecule has 1 N–H and O–H groups in total. The molecule has 0 saturated heterocycles. The number of carbonyl (C=O) groups excluding carboxylic acids is 1. The highest BCUT2D eigenvalue weighted by Gasteiger charge is 2.16. The van der Waals surface area contributed by atoms with E-state index in [0.717, 1.165) is 12.7 Å². The van der Waals surface area contributed by atoms with Gasteiger partial charge in [0.1, 0.15) is 5.76 Å². The van der Waals surface area contributed by atoms with Crippen LogP contribution in [0.4, 0.5) is 0 Å². The molecule has 1 rings (SSSR count). The van der Waals surface area contributed by atoms with Crippen LogP contribution >= 0.6 is 0 Å². The van der Waals surface area contributed by atoms with E-state index < -0.39 is 11.7 Å². The molecule has 0 unspecified atom stereocenters. The van der Waals surface area contributed by atoms with Crippen molar-refractivity contribution in [1.29, 1.82) is 0 Å². The SMILES string of the molecule is COC(=O)C(N=O)=C(O)CCCOCc1ccccc1. The largest absolute Gasteiger partial charge is 0.510 e. The number of aliphatic hydroxyl groups excluding tert-OH is 1. The molecule has 108 valence electrons. The van der Waals surface area contributed by atoms with Gasteiger partial charge in [-0.05, 0) is 17.2 Å². The van der Waals surface area contributed by atoms with Gasteiger partial charge >= 0.3 is 5.97 Å². The lowest BCUT2D eigenvalue weighted by Gasteiger charge is -2.05. The first-order valence-electron chi connectivity index (χ1n) is 6.14. The van der Waals surface area contributed by atoms with Crippen LogP contribution in [0.15, 0.2) is 47.0 Å². The number of aliphatic hydroxyl groups is 1. The molecule has 20 heavy (non-hydrogen) atoms. The molecule has 0 aromatic heterocycles. The van der Waals surface area contributed by atoms with Crippen LogP contribution in [0.5, 0.6) is 0 Å². The topological polar surface area (TPSA) is 85.2 Å². The van der Waals surface area contributed by atoms with E-state index in [2.05, 4.69) is 9.91 Å². The maximum absolute atomic E-state index is 11.1. The molecule has 6 nitrogen and oxygen atoms in total. The molecule has 0 aliphatic carbocycles. The number of benzene rings is 1. The lowest BCUT2D eigenvalue weighted by atomic mass is 10.2. The van der Waals surface area contributed by atoms with Crippen LogP contribution in [0.25, 0.3) is 0 Å². The van der Waals surface area contributed by atoms with E-state index in [1.807, 2.05) is 30.3 Å². The summed E-state index contributed by atoms with van der Waals surface area (Å²) in [4.78, 5) is 21.5. The van der Waals surface area contributed by atoms with E-state index in [-0.39, 0.29) is 12.2 Å². The van der Waals surface area contributed by atoms with Crippen LogP contribution in [-0.4, -0.2) is 24.8 Å². The van der Waals surface area contributed by atoms with Crippen LogP contribution in [0.2, 0.25) is 0 Å². The van der Waals surface area contributed by atoms with Crippen LogP contribution in [0, 0.1) is 4.91 Å². The predicted octanol–water partition coefficient (Wildman–Crippen LogP) is 2.69. The Hall–Kier alpha value is -2.21. The second kappa shape index (κ2) is 8.82. The van der Waals surface area contributed by atoms with Crippen LogP contribution in [-0.2, 0) is 20.9 Å². The fraction of sp³-hybridized carbons (Fsp3) is 0.357. The Labute approximate surface area is 117 Å². The number of hydrogen-bond acceptors (Lipinski definition) is 6. The lowest BCUT2D eigenvalue weighted by molar-refractivity contribution is -0.136. The van der Waals surface area contributed by atoms with Gasteiger partial charge in [-0.25, -0.2) is 4.79 Å². The second-order valence-electron chi connectivity index (χ2n) is 4.02. The summed E-state index contributed by atoms with van der Waals surface area (Å²) in [5.41, 5.74) is 0.465. The minimum absolute atomic E-state index is 0.130. The maximum atomic E-state index is 11.1. The van der Waals surface area contributed by atoms with E-state index >= 15 is 0 Å². The van der Waals surface area contributed by atoms with E-state index in [9.17, 15) is 14.8 Å². The normalized spacial score (nSPS) is 11.7. The zero-order valence-electron chi connectivity index (χ0n) is 11.2. The lowest BCUT2D eigenvalue weighted by Crippen LogP contribution is -2.06. The zero-order valence-corrected chi connectivity index (χ0v) is 11.2. The van der Waals surface area contributed by atoms with Crippen LogP contribution < -0.4 is 0 Å². The summed E-state index contributed by atoms with van der Waals surface area (Å²) in [7, 11) is 1.11. The first kappa shape index (κ1) is 15.8. The van der Waals surface area contributed by atoms with Gasteiger partial charge in [0.15, 0.2) is 0 Å². The highest BCUT2D eigenvalue weighted by atomic mass is 16.5. The Kier molecular flexibility index (Phi) is 6.99. The van der Waals surface area contributed by atoms with E-state index in [0.29, 0.717) is 19.6 Å². The summed E-state index contributed by atoms with van der Waals surface area (Å²) in [5.74, 6) is -1.32. The molecular formula is C14H17NO5. The molecule has 0 bridgehead atoms. The van der Waals surface area contributed by atoms with Gasteiger partial charge in [-0.2, -0.15) is 0 Å². The molecular weight excluding hydrogens is 262 g/mol. The molecule has 6 heteroatoms. The molecule has 0 saturated carbocycles. The fourth-order valence-corrected chi connectivity index (χ4v) is 1.53. The number of esters is 1. The number of ether oxygens (including phenoxy) is 2. The van der Waals surface area contributed by atoms with E-state index in [4.69, 9.17) is 4.74 Å². The van der Waals surface area contributed by atoms with Crippen molar-refractivity contribution in [3.8, 4) is 0 Å². The van der Waals surface area contributed by atoms with Crippen molar-refractivity contribution in [1.82, 2.24) is 0 Å². The van der Waals surface area contributed by atoms with Crippen molar-refractivity contribution in [3.63, 3.8) is 0 Å². The summed E-state index contributed by atoms with van der Waals surface area (Å²) < 4.78 is 9.74. The summed E-state index contributed by atoms with van der Waals surface area (Å²) in [5, 5.41) is 12.0. The number of carbonyl (C=O) groups is 1. The highest BCUT2D eigenvalue weighted by Crippen LogP contribution is 2.11. The van der Waals surface area contributed by atoms with Gasteiger partial charge in [0.2, 0.25) is 5.70 Å². The summed E-state index contributed by atoms with van der Waals surface area (Å²) in [6, 6.07) is 9.66. The molecule has 0 atom stereocenters. The number of nitroso groups, excluding NO2 is 1. The number of allylic oxidation sites excluding steroid dienone is 1. The molecule has 0 aliphatic rings. The minimum Gasteiger partial charge on any atom is -0.510 e. The second-order valence-corrected chi connectivity index (χ2v) is 4.02. The first-order chi connectivity index (χ1) is 9.69. The van der Waals surface area contributed by atoms with E-state index in [1.54, 1.807) is 0 Å². The van der Waals surface area contributed by atoms with Crippen molar-refractivity contribution >= 4 is 5.97 Å². The van der Waals surface area contributed by atoms with Crippen molar-refractivity contribution in [2.24, 2.45) is 5.18 Å². The summed E-state index contributed by atoms with van der Waals surface area (Å²) in [6.45, 7) is 0.868. The van der Waals surface area contributed by atoms with E-state index in [1.165, 1.54) is 0 Å². The van der Waals surface area contributed by atoms with Crippen molar-refractivity contribution in [3.05, 3.63) is 52.3 Å². The van der Waals surface area contributed by atoms with Gasteiger partial charge in [-0.1, -0.05) is 30.3 Å². The van der Waals surface area contributed by atoms with Gasteiger partial charge in [-0.15, -0.1) is 4.91 Å². The third-order valence-corrected chi connectivity index (χ3v) is 2.56. The van der Waals surface area contributed by atoms with Crippen LogP contribution in [0.3, 0.4) is 0 Å². The summed E-state index contributed by atoms with van der Waals surface area (Å²) >= 11 is 0. The first-order valence-corrected chi connectivity index (χ1v) is 6.14. The molecule has 0 spiro atoms. The Morgan fingerprint density at radius 1 is 1.30 bits per heavy atom.